The molecule has 1 atom stereocenters. The number of rotatable bonds is 12. The van der Waals surface area contributed by atoms with Gasteiger partial charge in [0.25, 0.3) is 0 Å². The SMILES string of the molecule is CCCCc1ccc(N2C(C(C)=O)=NN(c3ccc(C)cc3)[C@H]2c2cc(Br)c(OCc3ccc(F)cc3)c(OCC)c2)cc1. The molecule has 4 aromatic rings. The van der Waals surface area contributed by atoms with Crippen LogP contribution in [0.15, 0.2) is 94.5 Å². The first-order chi connectivity index (χ1) is 21.3. The summed E-state index contributed by atoms with van der Waals surface area (Å²) in [6, 6.07) is 26.6. The Kier molecular flexibility index (Phi) is 10.0. The zero-order valence-electron chi connectivity index (χ0n) is 25.5. The summed E-state index contributed by atoms with van der Waals surface area (Å²) in [6.45, 7) is 8.36. The first kappa shape index (κ1) is 31.3. The second kappa shape index (κ2) is 14.1. The van der Waals surface area contributed by atoms with E-state index in [0.717, 1.165) is 47.3 Å². The Balaban J connectivity index is 1.59. The molecule has 0 unspecified atom stereocenters. The highest BCUT2D eigenvalue weighted by atomic mass is 79.9. The zero-order valence-corrected chi connectivity index (χ0v) is 27.1. The van der Waals surface area contributed by atoms with Gasteiger partial charge in [-0.3, -0.25) is 9.69 Å². The maximum absolute atomic E-state index is 13.4. The molecule has 0 amide bonds. The highest BCUT2D eigenvalue weighted by Crippen LogP contribution is 2.45. The molecule has 0 fully saturated rings. The van der Waals surface area contributed by atoms with Crippen molar-refractivity contribution in [2.24, 2.45) is 5.10 Å². The van der Waals surface area contributed by atoms with Crippen molar-refractivity contribution in [3.8, 4) is 11.5 Å². The van der Waals surface area contributed by atoms with Gasteiger partial charge >= 0.3 is 0 Å². The van der Waals surface area contributed by atoms with Gasteiger partial charge in [-0.15, -0.1) is 5.10 Å². The summed E-state index contributed by atoms with van der Waals surface area (Å²) < 4.78 is 26.4. The van der Waals surface area contributed by atoms with Gasteiger partial charge in [0.05, 0.1) is 16.8 Å². The number of amidine groups is 1. The molecule has 1 aliphatic heterocycles. The molecule has 1 aliphatic rings. The Morgan fingerprint density at radius 2 is 1.57 bits per heavy atom. The van der Waals surface area contributed by atoms with Crippen molar-refractivity contribution in [3.05, 3.63) is 117 Å². The van der Waals surface area contributed by atoms with Crippen LogP contribution in [0, 0.1) is 12.7 Å². The molecule has 44 heavy (non-hydrogen) atoms. The lowest BCUT2D eigenvalue weighted by atomic mass is 10.1. The van der Waals surface area contributed by atoms with E-state index in [4.69, 9.17) is 14.6 Å². The molecule has 0 radical (unpaired) electrons. The van der Waals surface area contributed by atoms with Crippen molar-refractivity contribution < 1.29 is 18.7 Å². The number of hydrogen-bond donors (Lipinski definition) is 0. The highest BCUT2D eigenvalue weighted by molar-refractivity contribution is 9.10. The fourth-order valence-corrected chi connectivity index (χ4v) is 5.77. The van der Waals surface area contributed by atoms with Gasteiger partial charge in [0, 0.05) is 18.2 Å². The van der Waals surface area contributed by atoms with Gasteiger partial charge in [-0.1, -0.05) is 55.3 Å². The van der Waals surface area contributed by atoms with E-state index in [0.29, 0.717) is 28.4 Å². The van der Waals surface area contributed by atoms with E-state index in [9.17, 15) is 9.18 Å². The number of carbonyl (C=O) groups is 1. The van der Waals surface area contributed by atoms with Crippen molar-refractivity contribution in [2.75, 3.05) is 16.5 Å². The van der Waals surface area contributed by atoms with E-state index in [-0.39, 0.29) is 18.2 Å². The standard InChI is InChI=1S/C36H37BrFN3O3/c1-5-7-8-26-13-19-30(20-14-26)40-35(25(4)42)39-41(31-17-9-24(3)10-18-31)36(40)28-21-32(37)34(33(22-28)43-6-2)44-23-27-11-15-29(38)16-12-27/h9-22,36H,5-8,23H2,1-4H3/t36-/m0/s1. The molecule has 8 heteroatoms. The molecule has 4 aromatic carbocycles. The van der Waals surface area contributed by atoms with Crippen molar-refractivity contribution in [1.29, 1.82) is 0 Å². The number of hydrazone groups is 1. The van der Waals surface area contributed by atoms with Gasteiger partial charge in [0.1, 0.15) is 12.4 Å². The lowest BCUT2D eigenvalue weighted by Crippen LogP contribution is -2.37. The van der Waals surface area contributed by atoms with Gasteiger partial charge in [-0.05, 0) is 102 Å². The number of ketones is 1. The van der Waals surface area contributed by atoms with Crippen molar-refractivity contribution >= 4 is 38.9 Å². The van der Waals surface area contributed by atoms with Crippen molar-refractivity contribution in [1.82, 2.24) is 0 Å². The minimum absolute atomic E-state index is 0.136. The summed E-state index contributed by atoms with van der Waals surface area (Å²) in [5, 5.41) is 6.78. The molecule has 0 N–H and O–H groups in total. The topological polar surface area (TPSA) is 54.4 Å². The first-order valence-corrected chi connectivity index (χ1v) is 15.8. The van der Waals surface area contributed by atoms with Crippen LogP contribution in [0.2, 0.25) is 0 Å². The third-order valence-corrected chi connectivity index (χ3v) is 8.07. The normalized spacial score (nSPS) is 14.5. The maximum Gasteiger partial charge on any atom is 0.198 e. The Bertz CT molecular complexity index is 1620. The molecular formula is C36H37BrFN3O3. The first-order valence-electron chi connectivity index (χ1n) is 15.0. The Labute approximate surface area is 267 Å². The third-order valence-electron chi connectivity index (χ3n) is 7.48. The zero-order chi connectivity index (χ0) is 31.2. The number of halogens is 2. The molecule has 6 nitrogen and oxygen atoms in total. The fourth-order valence-electron chi connectivity index (χ4n) is 5.20. The largest absolute Gasteiger partial charge is 0.490 e. The fraction of sp³-hybridized carbons (Fsp3) is 0.278. The summed E-state index contributed by atoms with van der Waals surface area (Å²) in [6.07, 6.45) is 2.77. The molecule has 5 rings (SSSR count). The molecule has 0 saturated carbocycles. The van der Waals surface area contributed by atoms with E-state index < -0.39 is 6.17 Å². The number of Topliss-reactive ketones (excluding diaryl/α,β-unsaturated/α-hetero) is 1. The van der Waals surface area contributed by atoms with Crippen LogP contribution in [0.25, 0.3) is 0 Å². The molecule has 1 heterocycles. The van der Waals surface area contributed by atoms with Gasteiger partial charge in [0.2, 0.25) is 0 Å². The molecular weight excluding hydrogens is 621 g/mol. The van der Waals surface area contributed by atoms with E-state index in [1.165, 1.54) is 17.7 Å². The minimum Gasteiger partial charge on any atom is -0.490 e. The van der Waals surface area contributed by atoms with Crippen LogP contribution in [-0.2, 0) is 17.8 Å². The van der Waals surface area contributed by atoms with Gasteiger partial charge in [0.15, 0.2) is 29.3 Å². The smallest absolute Gasteiger partial charge is 0.198 e. The van der Waals surface area contributed by atoms with Crippen LogP contribution in [0.1, 0.15) is 62.0 Å². The van der Waals surface area contributed by atoms with Crippen LogP contribution in [0.3, 0.4) is 0 Å². The minimum atomic E-state index is -0.486. The lowest BCUT2D eigenvalue weighted by Gasteiger charge is -2.32. The Hall–Kier alpha value is -4.17. The monoisotopic (exact) mass is 657 g/mol. The quantitative estimate of drug-likeness (QED) is 0.152. The number of aryl methyl sites for hydroxylation is 2. The third kappa shape index (κ3) is 6.97. The number of anilines is 2. The molecule has 0 aliphatic carbocycles. The van der Waals surface area contributed by atoms with Gasteiger partial charge in [-0.2, -0.15) is 0 Å². The molecule has 0 bridgehead atoms. The summed E-state index contributed by atoms with van der Waals surface area (Å²) in [5.41, 5.74) is 5.79. The highest BCUT2D eigenvalue weighted by Gasteiger charge is 2.40. The van der Waals surface area contributed by atoms with E-state index in [1.54, 1.807) is 19.1 Å². The molecule has 0 aromatic heterocycles. The number of hydrogen-bond acceptors (Lipinski definition) is 6. The lowest BCUT2D eigenvalue weighted by molar-refractivity contribution is -0.111. The molecule has 228 valence electrons. The number of nitrogens with zero attached hydrogens (tertiary/aromatic N) is 3. The second-order valence-corrected chi connectivity index (χ2v) is 11.7. The van der Waals surface area contributed by atoms with Crippen LogP contribution < -0.4 is 19.4 Å². The van der Waals surface area contributed by atoms with E-state index >= 15 is 0 Å². The van der Waals surface area contributed by atoms with Crippen molar-refractivity contribution in [3.63, 3.8) is 0 Å². The number of ether oxygens (including phenoxy) is 2. The van der Waals surface area contributed by atoms with E-state index in [1.807, 2.05) is 60.2 Å². The number of carbonyl (C=O) groups excluding carboxylic acids is 1. The Morgan fingerprint density at radius 3 is 2.20 bits per heavy atom. The van der Waals surface area contributed by atoms with Crippen LogP contribution in [0.5, 0.6) is 11.5 Å². The number of benzene rings is 4. The van der Waals surface area contributed by atoms with Crippen LogP contribution in [-0.4, -0.2) is 18.2 Å². The average Bonchev–Trinajstić information content (AvgIpc) is 3.42. The summed E-state index contributed by atoms with van der Waals surface area (Å²) in [7, 11) is 0. The van der Waals surface area contributed by atoms with Gasteiger partial charge in [-0.25, -0.2) is 9.40 Å². The number of unbranched alkanes of at least 4 members (excludes halogenated alkanes) is 1. The maximum atomic E-state index is 13.4. The molecule has 0 spiro atoms. The average molecular weight is 659 g/mol. The van der Waals surface area contributed by atoms with Crippen molar-refractivity contribution in [2.45, 2.75) is 59.7 Å². The van der Waals surface area contributed by atoms with Crippen LogP contribution in [0.4, 0.5) is 15.8 Å². The summed E-state index contributed by atoms with van der Waals surface area (Å²) >= 11 is 3.73. The predicted octanol–water partition coefficient (Wildman–Crippen LogP) is 9.14. The van der Waals surface area contributed by atoms with Gasteiger partial charge < -0.3 is 9.47 Å². The van der Waals surface area contributed by atoms with E-state index in [2.05, 4.69) is 47.1 Å². The molecule has 0 saturated heterocycles. The predicted molar refractivity (Wildman–Crippen MR) is 178 cm³/mol. The summed E-state index contributed by atoms with van der Waals surface area (Å²) in [4.78, 5) is 15.1. The second-order valence-electron chi connectivity index (χ2n) is 10.9. The van der Waals surface area contributed by atoms with Crippen LogP contribution >= 0.6 is 15.9 Å². The summed E-state index contributed by atoms with van der Waals surface area (Å²) in [5.74, 6) is 1.01. The Morgan fingerprint density at radius 1 is 0.909 bits per heavy atom.